The Morgan fingerprint density at radius 2 is 2.21 bits per heavy atom. The largest absolute Gasteiger partial charge is 0.409 e. The fourth-order valence-electron chi connectivity index (χ4n) is 2.46. The highest BCUT2D eigenvalue weighted by Crippen LogP contribution is 2.13. The van der Waals surface area contributed by atoms with Crippen LogP contribution in [0.3, 0.4) is 0 Å². The van der Waals surface area contributed by atoms with Gasteiger partial charge >= 0.3 is 0 Å². The number of nitrogens with zero attached hydrogens (tertiary/aromatic N) is 2. The summed E-state index contributed by atoms with van der Waals surface area (Å²) in [5.74, 6) is 0.912. The molecule has 1 atom stereocenters. The Hall–Kier alpha value is -1.59. The van der Waals surface area contributed by atoms with Crippen molar-refractivity contribution < 1.29 is 5.21 Å². The second-order valence-corrected chi connectivity index (χ2v) is 5.23. The van der Waals surface area contributed by atoms with E-state index >= 15 is 0 Å². The van der Waals surface area contributed by atoms with Gasteiger partial charge < -0.3 is 21.2 Å². The third-order valence-electron chi connectivity index (χ3n) is 3.61. The first-order valence-electron chi connectivity index (χ1n) is 6.65. The monoisotopic (exact) mass is 262 g/mol. The van der Waals surface area contributed by atoms with Gasteiger partial charge in [-0.2, -0.15) is 0 Å². The summed E-state index contributed by atoms with van der Waals surface area (Å²) in [7, 11) is 2.17. The summed E-state index contributed by atoms with van der Waals surface area (Å²) in [4.78, 5) is 2.37. The molecule has 5 nitrogen and oxygen atoms in total. The molecule has 0 aliphatic carbocycles. The van der Waals surface area contributed by atoms with Crippen LogP contribution in [0, 0.1) is 5.92 Å². The summed E-state index contributed by atoms with van der Waals surface area (Å²) >= 11 is 0. The quantitative estimate of drug-likeness (QED) is 0.318. The van der Waals surface area contributed by atoms with Crippen LogP contribution in [-0.2, 0) is 6.54 Å². The van der Waals surface area contributed by atoms with Crippen LogP contribution in [0.4, 0.5) is 0 Å². The van der Waals surface area contributed by atoms with Crippen LogP contribution in [0.15, 0.2) is 29.4 Å². The lowest BCUT2D eigenvalue weighted by Crippen LogP contribution is -2.24. The fourth-order valence-corrected chi connectivity index (χ4v) is 2.46. The molecule has 4 N–H and O–H groups in total. The normalized spacial score (nSPS) is 20.9. The highest BCUT2D eigenvalue weighted by atomic mass is 16.4. The molecule has 0 aromatic heterocycles. The summed E-state index contributed by atoms with van der Waals surface area (Å²) in [6, 6.07) is 7.74. The van der Waals surface area contributed by atoms with Crippen LogP contribution in [0.2, 0.25) is 0 Å². The Balaban J connectivity index is 1.77. The van der Waals surface area contributed by atoms with Gasteiger partial charge in [0.15, 0.2) is 5.84 Å². The number of oxime groups is 1. The van der Waals surface area contributed by atoms with E-state index in [1.54, 1.807) is 0 Å². The zero-order valence-electron chi connectivity index (χ0n) is 11.3. The lowest BCUT2D eigenvalue weighted by Gasteiger charge is -2.11. The van der Waals surface area contributed by atoms with E-state index in [0.717, 1.165) is 24.6 Å². The first kappa shape index (κ1) is 13.8. The average Bonchev–Trinajstić information content (AvgIpc) is 2.84. The van der Waals surface area contributed by atoms with Crippen molar-refractivity contribution in [3.63, 3.8) is 0 Å². The molecule has 5 heteroatoms. The van der Waals surface area contributed by atoms with Crippen molar-refractivity contribution in [1.29, 1.82) is 0 Å². The van der Waals surface area contributed by atoms with Crippen LogP contribution >= 0.6 is 0 Å². The summed E-state index contributed by atoms with van der Waals surface area (Å²) in [6.45, 7) is 4.32. The first-order valence-corrected chi connectivity index (χ1v) is 6.65. The number of rotatable bonds is 5. The van der Waals surface area contributed by atoms with Gasteiger partial charge in [0.05, 0.1) is 0 Å². The molecule has 1 aliphatic rings. The third-order valence-corrected chi connectivity index (χ3v) is 3.61. The number of nitrogens with one attached hydrogen (secondary N) is 1. The van der Waals surface area contributed by atoms with Crippen LogP contribution in [0.25, 0.3) is 0 Å². The smallest absolute Gasteiger partial charge is 0.170 e. The molecule has 1 aromatic rings. The minimum absolute atomic E-state index is 0.147. The number of likely N-dealkylation sites (tertiary alicyclic amines) is 1. The molecule has 1 aliphatic heterocycles. The molecule has 104 valence electrons. The van der Waals surface area contributed by atoms with Crippen LogP contribution < -0.4 is 11.1 Å². The second-order valence-electron chi connectivity index (χ2n) is 5.23. The molecule has 0 bridgehead atoms. The molecule has 0 spiro atoms. The van der Waals surface area contributed by atoms with Gasteiger partial charge in [-0.15, -0.1) is 0 Å². The molecule has 0 radical (unpaired) electrons. The van der Waals surface area contributed by atoms with Gasteiger partial charge in [-0.3, -0.25) is 0 Å². The molecule has 1 fully saturated rings. The Labute approximate surface area is 114 Å². The molecule has 1 aromatic carbocycles. The molecular formula is C14H22N4O. The van der Waals surface area contributed by atoms with Crippen molar-refractivity contribution in [2.75, 3.05) is 26.7 Å². The predicted molar refractivity (Wildman–Crippen MR) is 76.3 cm³/mol. The average molecular weight is 262 g/mol. The Morgan fingerprint density at radius 3 is 2.79 bits per heavy atom. The number of benzene rings is 1. The van der Waals surface area contributed by atoms with Gasteiger partial charge in [-0.05, 0) is 38.0 Å². The van der Waals surface area contributed by atoms with E-state index in [-0.39, 0.29) is 5.84 Å². The maximum atomic E-state index is 8.59. The standard InChI is InChI=1S/C14H22N4O/c1-18-7-6-12(10-18)9-16-8-11-2-4-13(5-3-11)14(15)17-19/h2-5,12,16,19H,6-10H2,1H3,(H2,15,17). The van der Waals surface area contributed by atoms with Gasteiger partial charge in [-0.1, -0.05) is 29.4 Å². The van der Waals surface area contributed by atoms with E-state index in [1.165, 1.54) is 25.1 Å². The Kier molecular flexibility index (Phi) is 4.76. The molecule has 0 amide bonds. The molecule has 1 unspecified atom stereocenters. The van der Waals surface area contributed by atoms with Crippen molar-refractivity contribution in [2.45, 2.75) is 13.0 Å². The van der Waals surface area contributed by atoms with E-state index in [0.29, 0.717) is 0 Å². The first-order chi connectivity index (χ1) is 9.19. The fraction of sp³-hybridized carbons (Fsp3) is 0.500. The molecule has 1 saturated heterocycles. The zero-order valence-corrected chi connectivity index (χ0v) is 11.3. The van der Waals surface area contributed by atoms with Gasteiger partial charge in [0.1, 0.15) is 0 Å². The van der Waals surface area contributed by atoms with E-state index < -0.39 is 0 Å². The molecule has 0 saturated carbocycles. The van der Waals surface area contributed by atoms with E-state index in [1.807, 2.05) is 24.3 Å². The van der Waals surface area contributed by atoms with Crippen molar-refractivity contribution in [3.05, 3.63) is 35.4 Å². The molecule has 1 heterocycles. The maximum Gasteiger partial charge on any atom is 0.170 e. The van der Waals surface area contributed by atoms with Crippen LogP contribution in [-0.4, -0.2) is 42.6 Å². The maximum absolute atomic E-state index is 8.59. The second kappa shape index (κ2) is 6.54. The lowest BCUT2D eigenvalue weighted by atomic mass is 10.1. The number of hydrogen-bond donors (Lipinski definition) is 3. The van der Waals surface area contributed by atoms with Gasteiger partial charge in [-0.25, -0.2) is 0 Å². The van der Waals surface area contributed by atoms with Crippen molar-refractivity contribution in [2.24, 2.45) is 16.8 Å². The zero-order chi connectivity index (χ0) is 13.7. The molecular weight excluding hydrogens is 240 g/mol. The van der Waals surface area contributed by atoms with Crippen LogP contribution in [0.5, 0.6) is 0 Å². The SMILES string of the molecule is CN1CCC(CNCc2ccc(C(N)=NO)cc2)C1. The van der Waals surface area contributed by atoms with Gasteiger partial charge in [0.2, 0.25) is 0 Å². The van der Waals surface area contributed by atoms with Crippen LogP contribution in [0.1, 0.15) is 17.5 Å². The number of amidine groups is 1. The minimum Gasteiger partial charge on any atom is -0.409 e. The van der Waals surface area contributed by atoms with Gasteiger partial charge in [0, 0.05) is 18.7 Å². The van der Waals surface area contributed by atoms with E-state index in [4.69, 9.17) is 10.9 Å². The van der Waals surface area contributed by atoms with E-state index in [2.05, 4.69) is 22.4 Å². The highest BCUT2D eigenvalue weighted by molar-refractivity contribution is 5.96. The summed E-state index contributed by atoms with van der Waals surface area (Å²) in [5.41, 5.74) is 7.47. The molecule has 2 rings (SSSR count). The van der Waals surface area contributed by atoms with Crippen molar-refractivity contribution in [1.82, 2.24) is 10.2 Å². The summed E-state index contributed by atoms with van der Waals surface area (Å²) in [5, 5.41) is 15.1. The summed E-state index contributed by atoms with van der Waals surface area (Å²) in [6.07, 6.45) is 1.28. The van der Waals surface area contributed by atoms with Crippen molar-refractivity contribution in [3.8, 4) is 0 Å². The van der Waals surface area contributed by atoms with E-state index in [9.17, 15) is 0 Å². The topological polar surface area (TPSA) is 73.9 Å². The minimum atomic E-state index is 0.147. The molecule has 19 heavy (non-hydrogen) atoms. The highest BCUT2D eigenvalue weighted by Gasteiger charge is 2.18. The number of hydrogen-bond acceptors (Lipinski definition) is 4. The number of nitrogens with two attached hydrogens (primary N) is 1. The lowest BCUT2D eigenvalue weighted by molar-refractivity contribution is 0.318. The summed E-state index contributed by atoms with van der Waals surface area (Å²) < 4.78 is 0. The third kappa shape index (κ3) is 3.94. The Morgan fingerprint density at radius 1 is 1.47 bits per heavy atom. The predicted octanol–water partition coefficient (Wildman–Crippen LogP) is 0.822. The Bertz CT molecular complexity index is 430. The van der Waals surface area contributed by atoms with Gasteiger partial charge in [0.25, 0.3) is 0 Å². The van der Waals surface area contributed by atoms with Crippen molar-refractivity contribution >= 4 is 5.84 Å².